The quantitative estimate of drug-likeness (QED) is 0.903. The van der Waals surface area contributed by atoms with E-state index in [9.17, 15) is 9.18 Å². The fourth-order valence-electron chi connectivity index (χ4n) is 2.89. The van der Waals surface area contributed by atoms with Crippen LogP contribution >= 0.6 is 12.4 Å². The number of nitrogens with one attached hydrogen (secondary N) is 1. The molecule has 3 rings (SSSR count). The number of carbonyl (C=O) groups is 1. The Balaban J connectivity index is 0.00000192. The van der Waals surface area contributed by atoms with E-state index in [-0.39, 0.29) is 30.2 Å². The van der Waals surface area contributed by atoms with Crippen LogP contribution in [0, 0.1) is 5.82 Å². The Kier molecular flexibility index (Phi) is 6.77. The molecule has 0 saturated carbocycles. The number of nitrogens with zero attached hydrogens (tertiary/aromatic N) is 1. The molecule has 23 heavy (non-hydrogen) atoms. The van der Waals surface area contributed by atoms with Gasteiger partial charge >= 0.3 is 0 Å². The Labute approximate surface area is 141 Å². The summed E-state index contributed by atoms with van der Waals surface area (Å²) in [5.41, 5.74) is 0.513. The maximum Gasteiger partial charge on any atom is 0.224 e. The number of halogens is 2. The van der Waals surface area contributed by atoms with Crippen molar-refractivity contribution in [2.75, 3.05) is 39.5 Å². The van der Waals surface area contributed by atoms with Gasteiger partial charge in [-0.25, -0.2) is 4.39 Å². The molecule has 0 spiro atoms. The van der Waals surface area contributed by atoms with Crippen molar-refractivity contribution in [3.8, 4) is 0 Å². The minimum absolute atomic E-state index is 0. The number of benzene rings is 1. The van der Waals surface area contributed by atoms with Gasteiger partial charge in [-0.3, -0.25) is 4.79 Å². The second-order valence-electron chi connectivity index (χ2n) is 5.65. The van der Waals surface area contributed by atoms with Crippen LogP contribution in [0.4, 0.5) is 4.39 Å². The van der Waals surface area contributed by atoms with E-state index in [1.165, 1.54) is 6.07 Å². The van der Waals surface area contributed by atoms with Crippen LogP contribution in [0.3, 0.4) is 0 Å². The number of carbonyl (C=O) groups excluding carboxylic acids is 1. The summed E-state index contributed by atoms with van der Waals surface area (Å²) in [6.45, 7) is 3.41. The summed E-state index contributed by atoms with van der Waals surface area (Å²) in [5, 5.41) is 3.28. The fourth-order valence-corrected chi connectivity index (χ4v) is 2.89. The van der Waals surface area contributed by atoms with Crippen LogP contribution in [0.25, 0.3) is 0 Å². The molecule has 1 N–H and O–H groups in total. The first kappa shape index (κ1) is 18.1. The number of rotatable bonds is 3. The topological polar surface area (TPSA) is 50.8 Å². The Morgan fingerprint density at radius 3 is 2.91 bits per heavy atom. The molecule has 1 aromatic carbocycles. The van der Waals surface area contributed by atoms with Crippen LogP contribution in [0.5, 0.6) is 0 Å². The summed E-state index contributed by atoms with van der Waals surface area (Å²) in [4.78, 5) is 14.2. The number of hydrogen-bond donors (Lipinski definition) is 1. The lowest BCUT2D eigenvalue weighted by Crippen LogP contribution is -2.48. The Bertz CT molecular complexity index is 526. The van der Waals surface area contributed by atoms with Gasteiger partial charge in [-0.05, 0) is 6.07 Å². The summed E-state index contributed by atoms with van der Waals surface area (Å²) in [7, 11) is 0. The first-order valence-corrected chi connectivity index (χ1v) is 7.69. The Morgan fingerprint density at radius 1 is 1.35 bits per heavy atom. The maximum absolute atomic E-state index is 13.9. The van der Waals surface area contributed by atoms with E-state index in [0.29, 0.717) is 44.9 Å². The largest absolute Gasteiger partial charge is 0.378 e. The average molecular weight is 345 g/mol. The predicted molar refractivity (Wildman–Crippen MR) is 86.1 cm³/mol. The smallest absolute Gasteiger partial charge is 0.224 e. The van der Waals surface area contributed by atoms with Crippen molar-refractivity contribution in [2.45, 2.75) is 18.6 Å². The van der Waals surface area contributed by atoms with Gasteiger partial charge in [0.15, 0.2) is 0 Å². The fraction of sp³-hybridized carbons (Fsp3) is 0.562. The van der Waals surface area contributed by atoms with Crippen molar-refractivity contribution >= 4 is 18.3 Å². The van der Waals surface area contributed by atoms with Crippen LogP contribution in [0.2, 0.25) is 0 Å². The van der Waals surface area contributed by atoms with Gasteiger partial charge in [0.1, 0.15) is 11.9 Å². The van der Waals surface area contributed by atoms with Gasteiger partial charge in [0.05, 0.1) is 26.4 Å². The van der Waals surface area contributed by atoms with Gasteiger partial charge in [0, 0.05) is 31.1 Å². The molecule has 1 aromatic rings. The summed E-state index contributed by atoms with van der Waals surface area (Å²) in [5.74, 6) is -0.225. The Morgan fingerprint density at radius 2 is 2.17 bits per heavy atom. The zero-order chi connectivity index (χ0) is 15.4. The van der Waals surface area contributed by atoms with Crippen LogP contribution in [0.15, 0.2) is 24.3 Å². The van der Waals surface area contributed by atoms with Crippen LogP contribution in [0.1, 0.15) is 18.1 Å². The zero-order valence-corrected chi connectivity index (χ0v) is 13.7. The van der Waals surface area contributed by atoms with Crippen molar-refractivity contribution in [1.29, 1.82) is 0 Å². The second kappa shape index (κ2) is 8.59. The minimum atomic E-state index is -0.394. The van der Waals surface area contributed by atoms with Crippen molar-refractivity contribution in [1.82, 2.24) is 10.2 Å². The molecular formula is C16H22ClFN2O3. The third-order valence-corrected chi connectivity index (χ3v) is 4.09. The number of hydrogen-bond acceptors (Lipinski definition) is 4. The van der Waals surface area contributed by atoms with E-state index in [1.54, 1.807) is 23.1 Å². The van der Waals surface area contributed by atoms with Crippen molar-refractivity contribution in [3.63, 3.8) is 0 Å². The van der Waals surface area contributed by atoms with Gasteiger partial charge in [-0.2, -0.15) is 0 Å². The lowest BCUT2D eigenvalue weighted by molar-refractivity contribution is -0.140. The number of morpholine rings is 2. The SMILES string of the molecule is Cl.O=C(CC1COCCN1)N1CCOC(c2ccccc2F)C1. The summed E-state index contributed by atoms with van der Waals surface area (Å²) < 4.78 is 24.9. The van der Waals surface area contributed by atoms with E-state index in [4.69, 9.17) is 9.47 Å². The molecule has 2 unspecified atom stereocenters. The predicted octanol–water partition coefficient (Wildman–Crippen LogP) is 1.53. The van der Waals surface area contributed by atoms with Crippen LogP contribution in [-0.2, 0) is 14.3 Å². The van der Waals surface area contributed by atoms with Crippen LogP contribution < -0.4 is 5.32 Å². The first-order chi connectivity index (χ1) is 10.7. The highest BCUT2D eigenvalue weighted by molar-refractivity contribution is 5.85. The molecule has 128 valence electrons. The molecule has 1 amide bonds. The van der Waals surface area contributed by atoms with E-state index in [1.807, 2.05) is 0 Å². The Hall–Kier alpha value is -1.21. The maximum atomic E-state index is 13.9. The highest BCUT2D eigenvalue weighted by Gasteiger charge is 2.28. The van der Waals surface area contributed by atoms with E-state index < -0.39 is 6.10 Å². The molecule has 7 heteroatoms. The summed E-state index contributed by atoms with van der Waals surface area (Å²) in [6, 6.07) is 6.63. The van der Waals surface area contributed by atoms with Gasteiger partial charge in [-0.1, -0.05) is 18.2 Å². The van der Waals surface area contributed by atoms with Crippen molar-refractivity contribution < 1.29 is 18.7 Å². The van der Waals surface area contributed by atoms with E-state index in [2.05, 4.69) is 5.32 Å². The van der Waals surface area contributed by atoms with Gasteiger partial charge in [0.25, 0.3) is 0 Å². The third-order valence-electron chi connectivity index (χ3n) is 4.09. The highest BCUT2D eigenvalue weighted by atomic mass is 35.5. The molecule has 2 aliphatic heterocycles. The first-order valence-electron chi connectivity index (χ1n) is 7.69. The van der Waals surface area contributed by atoms with Crippen molar-refractivity contribution in [3.05, 3.63) is 35.6 Å². The standard InChI is InChI=1S/C16H21FN2O3.ClH/c17-14-4-2-1-3-13(14)15-10-19(6-8-22-15)16(20)9-12-11-21-7-5-18-12;/h1-4,12,15,18H,5-11H2;1H. The summed E-state index contributed by atoms with van der Waals surface area (Å²) >= 11 is 0. The second-order valence-corrected chi connectivity index (χ2v) is 5.65. The van der Waals surface area contributed by atoms with E-state index in [0.717, 1.165) is 6.54 Å². The molecule has 0 aromatic heterocycles. The zero-order valence-electron chi connectivity index (χ0n) is 12.9. The third kappa shape index (κ3) is 4.64. The van der Waals surface area contributed by atoms with Crippen molar-refractivity contribution in [2.24, 2.45) is 0 Å². The summed E-state index contributed by atoms with van der Waals surface area (Å²) in [6.07, 6.45) is 0.0127. The van der Waals surface area contributed by atoms with Gasteiger partial charge < -0.3 is 19.7 Å². The lowest BCUT2D eigenvalue weighted by atomic mass is 10.1. The molecule has 2 aliphatic rings. The molecule has 0 radical (unpaired) electrons. The highest BCUT2D eigenvalue weighted by Crippen LogP contribution is 2.25. The molecule has 2 atom stereocenters. The molecule has 0 aliphatic carbocycles. The number of ether oxygens (including phenoxy) is 2. The molecule has 2 fully saturated rings. The van der Waals surface area contributed by atoms with Gasteiger partial charge in [-0.15, -0.1) is 12.4 Å². The molecular weight excluding hydrogens is 323 g/mol. The molecule has 5 nitrogen and oxygen atoms in total. The minimum Gasteiger partial charge on any atom is -0.378 e. The number of amides is 1. The monoisotopic (exact) mass is 344 g/mol. The molecule has 0 bridgehead atoms. The molecule has 2 heterocycles. The van der Waals surface area contributed by atoms with Crippen LogP contribution in [-0.4, -0.2) is 56.3 Å². The lowest BCUT2D eigenvalue weighted by Gasteiger charge is -2.34. The molecule has 2 saturated heterocycles. The average Bonchev–Trinajstić information content (AvgIpc) is 2.56. The van der Waals surface area contributed by atoms with E-state index >= 15 is 0 Å². The van der Waals surface area contributed by atoms with Gasteiger partial charge in [0.2, 0.25) is 5.91 Å². The normalized spacial score (nSPS) is 24.8.